The molecule has 0 unspecified atom stereocenters. The zero-order chi connectivity index (χ0) is 11.7. The molecule has 0 spiro atoms. The zero-order valence-corrected chi connectivity index (χ0v) is 11.3. The monoisotopic (exact) mass is 246 g/mol. The van der Waals surface area contributed by atoms with Gasteiger partial charge in [0.1, 0.15) is 8.07 Å². The van der Waals surface area contributed by atoms with Crippen LogP contribution in [0.1, 0.15) is 19.3 Å². The van der Waals surface area contributed by atoms with E-state index in [2.05, 4.69) is 61.2 Å². The van der Waals surface area contributed by atoms with Crippen LogP contribution in [-0.4, -0.2) is 26.9 Å². The summed E-state index contributed by atoms with van der Waals surface area (Å²) in [5.41, 5.74) is 0. The van der Waals surface area contributed by atoms with Crippen molar-refractivity contribution in [2.45, 2.75) is 25.8 Å². The molecule has 0 heterocycles. The van der Waals surface area contributed by atoms with Gasteiger partial charge in [0.2, 0.25) is 0 Å². The number of hydrogen-bond acceptors (Lipinski definition) is 0. The summed E-state index contributed by atoms with van der Waals surface area (Å²) in [6.07, 6.45) is 24.2. The maximum absolute atomic E-state index is 2.53. The quantitative estimate of drug-likeness (QED) is 0.666. The van der Waals surface area contributed by atoms with Gasteiger partial charge in [0.25, 0.3) is 0 Å². The van der Waals surface area contributed by atoms with Crippen molar-refractivity contribution in [3.63, 3.8) is 0 Å². The van der Waals surface area contributed by atoms with Gasteiger partial charge in [-0.05, 0) is 19.3 Å². The van der Waals surface area contributed by atoms with E-state index in [9.17, 15) is 0 Å². The van der Waals surface area contributed by atoms with E-state index in [1.54, 1.807) is 15.6 Å². The van der Waals surface area contributed by atoms with Gasteiger partial charge in [-0.15, -0.1) is 0 Å². The average Bonchev–Trinajstić information content (AvgIpc) is 3.10. The topological polar surface area (TPSA) is 0 Å². The fourth-order valence-electron chi connectivity index (χ4n) is 3.07. The Morgan fingerprint density at radius 1 is 0.722 bits per heavy atom. The molecule has 3 rings (SSSR count). The van der Waals surface area contributed by atoms with Gasteiger partial charge < -0.3 is 0 Å². The second-order valence-electron chi connectivity index (χ2n) is 5.10. The number of allylic oxidation sites excluding steroid dienone is 12. The van der Waals surface area contributed by atoms with Crippen molar-refractivity contribution in [2.75, 3.05) is 0 Å². The van der Waals surface area contributed by atoms with Crippen LogP contribution >= 0.6 is 0 Å². The van der Waals surface area contributed by atoms with Crippen molar-refractivity contribution < 1.29 is 0 Å². The van der Waals surface area contributed by atoms with Gasteiger partial charge in [-0.1, -0.05) is 76.8 Å². The van der Waals surface area contributed by atoms with Crippen LogP contribution in [-0.2, 0) is 0 Å². The average molecular weight is 246 g/mol. The molecule has 0 amide bonds. The van der Waals surface area contributed by atoms with Crippen LogP contribution in [0.2, 0.25) is 6.55 Å². The third-order valence-electron chi connectivity index (χ3n) is 4.24. The number of rotatable bonds is 3. The molecule has 18 heavy (non-hydrogen) atoms. The molecule has 0 aliphatic heterocycles. The molecule has 3 aliphatic carbocycles. The van der Waals surface area contributed by atoms with E-state index in [0.717, 1.165) is 19.3 Å². The van der Waals surface area contributed by atoms with Crippen molar-refractivity contribution in [1.29, 1.82) is 0 Å². The Balaban J connectivity index is 0.00000120. The molecule has 0 saturated heterocycles. The van der Waals surface area contributed by atoms with Crippen molar-refractivity contribution in [3.05, 3.63) is 70.3 Å². The van der Waals surface area contributed by atoms with Crippen molar-refractivity contribution in [2.24, 2.45) is 0 Å². The van der Waals surface area contributed by atoms with Gasteiger partial charge in [-0.2, -0.15) is 0 Å². The molecule has 0 fully saturated rings. The van der Waals surface area contributed by atoms with Crippen LogP contribution in [0, 0.1) is 0 Å². The maximum atomic E-state index is 2.53. The van der Waals surface area contributed by atoms with Crippen LogP contribution in [0.3, 0.4) is 0 Å². The fourth-order valence-corrected chi connectivity index (χ4v) is 7.18. The van der Waals surface area contributed by atoms with Gasteiger partial charge in [-0.25, -0.2) is 0 Å². The summed E-state index contributed by atoms with van der Waals surface area (Å²) in [7, 11) is -1.55. The summed E-state index contributed by atoms with van der Waals surface area (Å²) in [6, 6.07) is 0. The third kappa shape index (κ3) is 2.12. The molecule has 0 saturated carbocycles. The fraction of sp³-hybridized carbons (Fsp3) is 0.250. The Kier molecular flexibility index (Phi) is 4.17. The van der Waals surface area contributed by atoms with E-state index in [-0.39, 0.29) is 18.9 Å². The van der Waals surface area contributed by atoms with E-state index in [4.69, 9.17) is 0 Å². The molecular formula is C16H19LiSi. The molecule has 3 aliphatic rings. The van der Waals surface area contributed by atoms with E-state index < -0.39 is 8.07 Å². The molecular weight excluding hydrogens is 227 g/mol. The van der Waals surface area contributed by atoms with Crippen molar-refractivity contribution in [3.8, 4) is 0 Å². The van der Waals surface area contributed by atoms with E-state index in [0.29, 0.717) is 0 Å². The predicted octanol–water partition coefficient (Wildman–Crippen LogP) is 3.69. The van der Waals surface area contributed by atoms with Gasteiger partial charge in [0, 0.05) is 0 Å². The molecule has 88 valence electrons. The minimum atomic E-state index is -1.55. The Labute approximate surface area is 123 Å². The Hall–Kier alpha value is -0.746. The SMILES string of the molecule is C[Si](C1=CC=CC1)(C1=CC=CC1)C1=CC=CC1.[LiH]. The normalized spacial score (nSPS) is 20.8. The summed E-state index contributed by atoms with van der Waals surface area (Å²) in [4.78, 5) is 0. The first-order valence-corrected chi connectivity index (χ1v) is 8.90. The van der Waals surface area contributed by atoms with Crippen molar-refractivity contribution in [1.82, 2.24) is 0 Å². The molecule has 0 radical (unpaired) electrons. The van der Waals surface area contributed by atoms with Gasteiger partial charge in [-0.3, -0.25) is 0 Å². The molecule has 0 nitrogen and oxygen atoms in total. The summed E-state index contributed by atoms with van der Waals surface area (Å²) in [5.74, 6) is 0. The minimum absolute atomic E-state index is 0. The standard InChI is InChI=1S/C16H18Si.Li.H/c1-17(14-8-2-3-9-14,15-10-4-5-11-15)16-12-6-7-13-16;;/h2-8,10,12H,9,11,13H2,1H3;;. The first-order chi connectivity index (χ1) is 8.32. The van der Waals surface area contributed by atoms with Crippen molar-refractivity contribution >= 4 is 26.9 Å². The van der Waals surface area contributed by atoms with Crippen LogP contribution in [0.4, 0.5) is 0 Å². The Bertz CT molecular complexity index is 441. The Morgan fingerprint density at radius 3 is 1.28 bits per heavy atom. The van der Waals surface area contributed by atoms with Gasteiger partial charge >= 0.3 is 18.9 Å². The first-order valence-electron chi connectivity index (χ1n) is 6.40. The van der Waals surface area contributed by atoms with Crippen LogP contribution in [0.5, 0.6) is 0 Å². The molecule has 0 aromatic carbocycles. The van der Waals surface area contributed by atoms with E-state index >= 15 is 0 Å². The summed E-state index contributed by atoms with van der Waals surface area (Å²) < 4.78 is 0. The first kappa shape index (κ1) is 13.7. The molecule has 0 aromatic rings. The van der Waals surface area contributed by atoms with Gasteiger partial charge in [0.15, 0.2) is 0 Å². The second-order valence-corrected chi connectivity index (χ2v) is 9.27. The van der Waals surface area contributed by atoms with Crippen LogP contribution in [0.25, 0.3) is 0 Å². The van der Waals surface area contributed by atoms with Gasteiger partial charge in [0.05, 0.1) is 0 Å². The number of hydrogen-bond donors (Lipinski definition) is 0. The molecule has 0 atom stereocenters. The Morgan fingerprint density at radius 2 is 1.06 bits per heavy atom. The van der Waals surface area contributed by atoms with Crippen LogP contribution < -0.4 is 0 Å². The van der Waals surface area contributed by atoms with E-state index in [1.807, 2.05) is 0 Å². The van der Waals surface area contributed by atoms with E-state index in [1.165, 1.54) is 0 Å². The zero-order valence-electron chi connectivity index (χ0n) is 10.3. The summed E-state index contributed by atoms with van der Waals surface area (Å²) in [5, 5.41) is 5.05. The third-order valence-corrected chi connectivity index (χ3v) is 9.21. The molecule has 0 N–H and O–H groups in total. The molecule has 0 bridgehead atoms. The summed E-state index contributed by atoms with van der Waals surface area (Å²) in [6.45, 7) is 2.53. The predicted molar refractivity (Wildman–Crippen MR) is 84.3 cm³/mol. The summed E-state index contributed by atoms with van der Waals surface area (Å²) >= 11 is 0. The molecule has 2 heteroatoms. The molecule has 0 aromatic heterocycles. The second kappa shape index (κ2) is 5.49. The van der Waals surface area contributed by atoms with Crippen LogP contribution in [0.15, 0.2) is 70.3 Å².